The van der Waals surface area contributed by atoms with Crippen molar-refractivity contribution in [3.05, 3.63) is 29.3 Å². The fourth-order valence-electron chi connectivity index (χ4n) is 3.22. The molecule has 0 aromatic heterocycles. The Balaban J connectivity index is 1.80. The van der Waals surface area contributed by atoms with Gasteiger partial charge in [-0.1, -0.05) is 12.1 Å². The maximum absolute atomic E-state index is 12.3. The molecule has 114 valence electrons. The van der Waals surface area contributed by atoms with E-state index in [9.17, 15) is 4.79 Å². The number of rotatable bonds is 0. The van der Waals surface area contributed by atoms with Crippen molar-refractivity contribution in [3.63, 3.8) is 0 Å². The second-order valence-electron chi connectivity index (χ2n) is 6.99. The first-order valence-corrected chi connectivity index (χ1v) is 7.58. The zero-order chi connectivity index (χ0) is 15.2. The number of hydrogen-bond acceptors (Lipinski definition) is 3. The highest BCUT2D eigenvalue weighted by Crippen LogP contribution is 2.42. The van der Waals surface area contributed by atoms with E-state index >= 15 is 0 Å². The molecule has 2 aliphatic rings. The van der Waals surface area contributed by atoms with Gasteiger partial charge in [0.25, 0.3) is 0 Å². The molecule has 0 radical (unpaired) electrons. The third kappa shape index (κ3) is 2.71. The van der Waals surface area contributed by atoms with E-state index in [-0.39, 0.29) is 12.1 Å². The van der Waals surface area contributed by atoms with Gasteiger partial charge in [-0.2, -0.15) is 0 Å². The molecule has 1 aromatic carbocycles. The van der Waals surface area contributed by atoms with E-state index < -0.39 is 5.60 Å². The van der Waals surface area contributed by atoms with Gasteiger partial charge in [0.15, 0.2) is 0 Å². The highest BCUT2D eigenvalue weighted by atomic mass is 16.6. The quantitative estimate of drug-likeness (QED) is 0.734. The number of benzene rings is 1. The molecule has 1 fully saturated rings. The molecule has 0 N–H and O–H groups in total. The van der Waals surface area contributed by atoms with Crippen LogP contribution in [0.5, 0.6) is 5.75 Å². The first-order valence-electron chi connectivity index (χ1n) is 7.58. The van der Waals surface area contributed by atoms with Crippen molar-refractivity contribution in [1.82, 2.24) is 4.90 Å². The average molecular weight is 289 g/mol. The standard InChI is InChI=1S/C17H23NO3/c1-11-5-6-13-12-7-8-18(16(19)21-17(2,3)4)14(12)10-20-15(13)9-11/h5-6,9,12,14H,7-8,10H2,1-4H3. The molecule has 2 atom stereocenters. The molecule has 1 amide bonds. The summed E-state index contributed by atoms with van der Waals surface area (Å²) in [4.78, 5) is 14.2. The highest BCUT2D eigenvalue weighted by Gasteiger charge is 2.43. The van der Waals surface area contributed by atoms with E-state index in [4.69, 9.17) is 9.47 Å². The molecule has 0 bridgehead atoms. The molecule has 2 aliphatic heterocycles. The second kappa shape index (κ2) is 4.93. The molecule has 21 heavy (non-hydrogen) atoms. The molecule has 0 saturated carbocycles. The SMILES string of the molecule is Cc1ccc2c(c1)OCC1C2CCN1C(=O)OC(C)(C)C. The first kappa shape index (κ1) is 14.2. The number of hydrogen-bond donors (Lipinski definition) is 0. The van der Waals surface area contributed by atoms with E-state index in [2.05, 4.69) is 25.1 Å². The molecule has 2 unspecified atom stereocenters. The van der Waals surface area contributed by atoms with Crippen LogP contribution in [0.2, 0.25) is 0 Å². The van der Waals surface area contributed by atoms with Crippen LogP contribution in [-0.4, -0.2) is 35.8 Å². The van der Waals surface area contributed by atoms with Gasteiger partial charge < -0.3 is 14.4 Å². The van der Waals surface area contributed by atoms with Gasteiger partial charge in [-0.25, -0.2) is 4.79 Å². The monoisotopic (exact) mass is 289 g/mol. The van der Waals surface area contributed by atoms with Gasteiger partial charge in [0.05, 0.1) is 6.04 Å². The summed E-state index contributed by atoms with van der Waals surface area (Å²) in [7, 11) is 0. The second-order valence-corrected chi connectivity index (χ2v) is 6.99. The smallest absolute Gasteiger partial charge is 0.410 e. The zero-order valence-electron chi connectivity index (χ0n) is 13.2. The van der Waals surface area contributed by atoms with Crippen LogP contribution in [0, 0.1) is 6.92 Å². The van der Waals surface area contributed by atoms with E-state index in [1.807, 2.05) is 25.7 Å². The molecule has 2 heterocycles. The number of ether oxygens (including phenoxy) is 2. The minimum atomic E-state index is -0.459. The van der Waals surface area contributed by atoms with E-state index in [0.717, 1.165) is 18.7 Å². The third-order valence-corrected chi connectivity index (χ3v) is 4.15. The number of likely N-dealkylation sites (tertiary alicyclic amines) is 1. The Bertz CT molecular complexity index is 562. The summed E-state index contributed by atoms with van der Waals surface area (Å²) in [6, 6.07) is 6.43. The van der Waals surface area contributed by atoms with Crippen LogP contribution in [0.3, 0.4) is 0 Å². The van der Waals surface area contributed by atoms with E-state index in [1.165, 1.54) is 11.1 Å². The molecule has 4 heteroatoms. The molecule has 1 aromatic rings. The summed E-state index contributed by atoms with van der Waals surface area (Å²) in [5.41, 5.74) is 1.97. The van der Waals surface area contributed by atoms with Gasteiger partial charge in [-0.15, -0.1) is 0 Å². The summed E-state index contributed by atoms with van der Waals surface area (Å²) in [6.45, 7) is 9.05. The highest BCUT2D eigenvalue weighted by molar-refractivity contribution is 5.69. The van der Waals surface area contributed by atoms with Gasteiger partial charge >= 0.3 is 6.09 Å². The Labute approximate surface area is 126 Å². The van der Waals surface area contributed by atoms with Gasteiger partial charge in [-0.05, 0) is 51.3 Å². The lowest BCUT2D eigenvalue weighted by molar-refractivity contribution is 0.0164. The third-order valence-electron chi connectivity index (χ3n) is 4.15. The van der Waals surface area contributed by atoms with Gasteiger partial charge in [0, 0.05) is 12.5 Å². The van der Waals surface area contributed by atoms with Crippen molar-refractivity contribution in [1.29, 1.82) is 0 Å². The fourth-order valence-corrected chi connectivity index (χ4v) is 3.22. The Hall–Kier alpha value is -1.71. The van der Waals surface area contributed by atoms with Crippen molar-refractivity contribution in [3.8, 4) is 5.75 Å². The van der Waals surface area contributed by atoms with E-state index in [0.29, 0.717) is 12.5 Å². The van der Waals surface area contributed by atoms with Crippen molar-refractivity contribution in [2.75, 3.05) is 13.2 Å². The Morgan fingerprint density at radius 2 is 2.14 bits per heavy atom. The van der Waals surface area contributed by atoms with E-state index in [1.54, 1.807) is 0 Å². The van der Waals surface area contributed by atoms with Crippen LogP contribution in [0.4, 0.5) is 4.79 Å². The molecular weight excluding hydrogens is 266 g/mol. The van der Waals surface area contributed by atoms with Crippen molar-refractivity contribution in [2.45, 2.75) is 51.7 Å². The molecule has 1 saturated heterocycles. The van der Waals surface area contributed by atoms with Crippen LogP contribution in [0.25, 0.3) is 0 Å². The molecule has 0 aliphatic carbocycles. The molecule has 3 rings (SSSR count). The largest absolute Gasteiger partial charge is 0.491 e. The average Bonchev–Trinajstić information content (AvgIpc) is 2.80. The summed E-state index contributed by atoms with van der Waals surface area (Å²) >= 11 is 0. The van der Waals surface area contributed by atoms with Crippen LogP contribution in [-0.2, 0) is 4.74 Å². The number of carbonyl (C=O) groups is 1. The van der Waals surface area contributed by atoms with Crippen molar-refractivity contribution in [2.24, 2.45) is 0 Å². The predicted molar refractivity (Wildman–Crippen MR) is 80.8 cm³/mol. The Morgan fingerprint density at radius 1 is 1.38 bits per heavy atom. The minimum absolute atomic E-state index is 0.0926. The normalized spacial score (nSPS) is 24.1. The minimum Gasteiger partial charge on any atom is -0.491 e. The summed E-state index contributed by atoms with van der Waals surface area (Å²) in [5, 5.41) is 0. The summed E-state index contributed by atoms with van der Waals surface area (Å²) < 4.78 is 11.4. The van der Waals surface area contributed by atoms with Crippen LogP contribution in [0.15, 0.2) is 18.2 Å². The first-order chi connectivity index (χ1) is 9.85. The van der Waals surface area contributed by atoms with Crippen molar-refractivity contribution >= 4 is 6.09 Å². The van der Waals surface area contributed by atoms with Crippen molar-refractivity contribution < 1.29 is 14.3 Å². The number of aryl methyl sites for hydroxylation is 1. The summed E-state index contributed by atoms with van der Waals surface area (Å²) in [5.74, 6) is 1.34. The van der Waals surface area contributed by atoms with Gasteiger partial charge in [-0.3, -0.25) is 0 Å². The lowest BCUT2D eigenvalue weighted by atomic mass is 9.89. The van der Waals surface area contributed by atoms with Crippen LogP contribution < -0.4 is 4.74 Å². The number of carbonyl (C=O) groups excluding carboxylic acids is 1. The maximum atomic E-state index is 12.3. The Morgan fingerprint density at radius 3 is 2.86 bits per heavy atom. The maximum Gasteiger partial charge on any atom is 0.410 e. The number of nitrogens with zero attached hydrogens (tertiary/aromatic N) is 1. The predicted octanol–water partition coefficient (Wildman–Crippen LogP) is 3.48. The van der Waals surface area contributed by atoms with Crippen LogP contribution in [0.1, 0.15) is 44.2 Å². The summed E-state index contributed by atoms with van der Waals surface area (Å²) in [6.07, 6.45) is 0.748. The van der Waals surface area contributed by atoms with Gasteiger partial charge in [0.1, 0.15) is 18.0 Å². The number of amides is 1. The zero-order valence-corrected chi connectivity index (χ0v) is 13.2. The fraction of sp³-hybridized carbons (Fsp3) is 0.588. The lowest BCUT2D eigenvalue weighted by Crippen LogP contribution is -2.45. The van der Waals surface area contributed by atoms with Crippen LogP contribution >= 0.6 is 0 Å². The lowest BCUT2D eigenvalue weighted by Gasteiger charge is -2.34. The molecular formula is C17H23NO3. The topological polar surface area (TPSA) is 38.8 Å². The molecule has 0 spiro atoms. The Kier molecular flexibility index (Phi) is 3.34. The van der Waals surface area contributed by atoms with Gasteiger partial charge in [0.2, 0.25) is 0 Å². The number of fused-ring (bicyclic) bond motifs is 3. The molecule has 4 nitrogen and oxygen atoms in total.